The van der Waals surface area contributed by atoms with Crippen LogP contribution in [-0.2, 0) is 14.3 Å². The molecule has 0 fully saturated rings. The standard InChI is InChI=1S/C26H30N2O5/c1-4-28(15-24(29)30)25(31)23(14-13-17(2)3)27-26(32)33-16-22-20-11-7-5-9-18(20)19-10-6-8-12-21(19)22/h5-13,22-23H,4,14-16H2,1-3H3,(H,27,32)(H,29,30). The second-order valence-corrected chi connectivity index (χ2v) is 8.29. The van der Waals surface area contributed by atoms with Crippen LogP contribution in [0.5, 0.6) is 0 Å². The lowest BCUT2D eigenvalue weighted by Crippen LogP contribution is -2.50. The first-order valence-electron chi connectivity index (χ1n) is 11.1. The molecule has 2 N–H and O–H groups in total. The molecule has 7 nitrogen and oxygen atoms in total. The van der Waals surface area contributed by atoms with Crippen molar-refractivity contribution in [1.82, 2.24) is 10.2 Å². The fraction of sp³-hybridized carbons (Fsp3) is 0.346. The largest absolute Gasteiger partial charge is 0.480 e. The number of ether oxygens (including phenoxy) is 1. The maximum Gasteiger partial charge on any atom is 0.407 e. The number of carbonyl (C=O) groups excluding carboxylic acids is 2. The molecule has 7 heteroatoms. The van der Waals surface area contributed by atoms with Crippen molar-refractivity contribution in [3.63, 3.8) is 0 Å². The SMILES string of the molecule is CCN(CC(=O)O)C(=O)C(CC=C(C)C)NC(=O)OCC1c2ccccc2-c2ccccc21. The third kappa shape index (κ3) is 5.80. The second kappa shape index (κ2) is 10.8. The van der Waals surface area contributed by atoms with Crippen molar-refractivity contribution in [1.29, 1.82) is 0 Å². The maximum atomic E-state index is 12.9. The molecular formula is C26H30N2O5. The van der Waals surface area contributed by atoms with Gasteiger partial charge in [0.15, 0.2) is 0 Å². The monoisotopic (exact) mass is 450 g/mol. The summed E-state index contributed by atoms with van der Waals surface area (Å²) in [7, 11) is 0. The van der Waals surface area contributed by atoms with Crippen molar-refractivity contribution in [3.05, 3.63) is 71.3 Å². The van der Waals surface area contributed by atoms with Gasteiger partial charge in [-0.1, -0.05) is 60.2 Å². The maximum absolute atomic E-state index is 12.9. The lowest BCUT2D eigenvalue weighted by atomic mass is 9.98. The average molecular weight is 451 g/mol. The lowest BCUT2D eigenvalue weighted by Gasteiger charge is -2.25. The van der Waals surface area contributed by atoms with Gasteiger partial charge in [-0.2, -0.15) is 0 Å². The van der Waals surface area contributed by atoms with Gasteiger partial charge < -0.3 is 20.1 Å². The van der Waals surface area contributed by atoms with Crippen molar-refractivity contribution in [2.45, 2.75) is 39.2 Å². The van der Waals surface area contributed by atoms with E-state index in [0.717, 1.165) is 27.8 Å². The van der Waals surface area contributed by atoms with Gasteiger partial charge in [-0.05, 0) is 49.4 Å². The third-order valence-corrected chi connectivity index (χ3v) is 5.72. The van der Waals surface area contributed by atoms with Crippen molar-refractivity contribution in [3.8, 4) is 11.1 Å². The zero-order chi connectivity index (χ0) is 24.0. The van der Waals surface area contributed by atoms with Crippen LogP contribution in [0.4, 0.5) is 4.79 Å². The summed E-state index contributed by atoms with van der Waals surface area (Å²) in [6, 6.07) is 15.2. The highest BCUT2D eigenvalue weighted by Gasteiger charge is 2.30. The van der Waals surface area contributed by atoms with E-state index < -0.39 is 30.6 Å². The van der Waals surface area contributed by atoms with Gasteiger partial charge in [0, 0.05) is 12.5 Å². The van der Waals surface area contributed by atoms with Gasteiger partial charge in [0.2, 0.25) is 5.91 Å². The molecule has 0 spiro atoms. The van der Waals surface area contributed by atoms with Crippen LogP contribution >= 0.6 is 0 Å². The number of nitrogens with one attached hydrogen (secondary N) is 1. The number of hydrogen-bond acceptors (Lipinski definition) is 4. The van der Waals surface area contributed by atoms with Gasteiger partial charge in [-0.3, -0.25) is 9.59 Å². The van der Waals surface area contributed by atoms with Crippen molar-refractivity contribution in [2.24, 2.45) is 0 Å². The number of rotatable bonds is 9. The molecule has 0 saturated heterocycles. The van der Waals surface area contributed by atoms with E-state index in [1.807, 2.05) is 56.3 Å². The number of likely N-dealkylation sites (N-methyl/N-ethyl adjacent to an activating group) is 1. The number of carboxylic acids is 1. The Morgan fingerprint density at radius 2 is 1.64 bits per heavy atom. The Morgan fingerprint density at radius 1 is 1.06 bits per heavy atom. The van der Waals surface area contributed by atoms with Gasteiger partial charge in [0.25, 0.3) is 0 Å². The molecule has 174 valence electrons. The molecule has 1 aliphatic rings. The fourth-order valence-electron chi connectivity index (χ4n) is 4.09. The van der Waals surface area contributed by atoms with E-state index in [0.29, 0.717) is 0 Å². The van der Waals surface area contributed by atoms with Crippen LogP contribution in [0.15, 0.2) is 60.2 Å². The highest BCUT2D eigenvalue weighted by atomic mass is 16.5. The van der Waals surface area contributed by atoms with E-state index in [2.05, 4.69) is 17.4 Å². The molecule has 1 atom stereocenters. The Balaban J connectivity index is 1.71. The Labute approximate surface area is 194 Å². The summed E-state index contributed by atoms with van der Waals surface area (Å²) >= 11 is 0. The Morgan fingerprint density at radius 3 is 2.15 bits per heavy atom. The summed E-state index contributed by atoms with van der Waals surface area (Å²) in [6.07, 6.45) is 1.38. The summed E-state index contributed by atoms with van der Waals surface area (Å²) in [4.78, 5) is 37.9. The topological polar surface area (TPSA) is 95.9 Å². The van der Waals surface area contributed by atoms with Crippen LogP contribution in [-0.4, -0.2) is 53.7 Å². The van der Waals surface area contributed by atoms with E-state index >= 15 is 0 Å². The zero-order valence-corrected chi connectivity index (χ0v) is 19.2. The van der Waals surface area contributed by atoms with Crippen molar-refractivity contribution in [2.75, 3.05) is 19.7 Å². The lowest BCUT2D eigenvalue weighted by molar-refractivity contribution is -0.145. The minimum absolute atomic E-state index is 0.0887. The first-order valence-corrected chi connectivity index (χ1v) is 11.1. The number of carboxylic acid groups (broad SMARTS) is 1. The van der Waals surface area contributed by atoms with Crippen molar-refractivity contribution >= 4 is 18.0 Å². The molecule has 1 unspecified atom stereocenters. The highest BCUT2D eigenvalue weighted by molar-refractivity contribution is 5.88. The number of alkyl carbamates (subject to hydrolysis) is 1. The highest BCUT2D eigenvalue weighted by Crippen LogP contribution is 2.44. The average Bonchev–Trinajstić information content (AvgIpc) is 3.12. The first kappa shape index (κ1) is 24.0. The molecule has 0 aliphatic heterocycles. The number of amides is 2. The molecular weight excluding hydrogens is 420 g/mol. The van der Waals surface area contributed by atoms with Crippen LogP contribution in [0, 0.1) is 0 Å². The zero-order valence-electron chi connectivity index (χ0n) is 19.2. The molecule has 0 radical (unpaired) electrons. The van der Waals surface area contributed by atoms with E-state index in [4.69, 9.17) is 9.84 Å². The molecule has 3 rings (SSSR count). The fourth-order valence-corrected chi connectivity index (χ4v) is 4.09. The first-order chi connectivity index (χ1) is 15.8. The minimum atomic E-state index is -1.10. The normalized spacial score (nSPS) is 12.8. The van der Waals surface area contributed by atoms with E-state index in [1.54, 1.807) is 6.92 Å². The number of allylic oxidation sites excluding steroid dienone is 1. The molecule has 0 aromatic heterocycles. The number of carbonyl (C=O) groups is 3. The summed E-state index contributed by atoms with van der Waals surface area (Å²) < 4.78 is 5.56. The Kier molecular flexibility index (Phi) is 7.87. The number of nitrogens with zero attached hydrogens (tertiary/aromatic N) is 1. The summed E-state index contributed by atoms with van der Waals surface area (Å²) in [5.41, 5.74) is 5.45. The molecule has 0 saturated carbocycles. The van der Waals surface area contributed by atoms with Gasteiger partial charge >= 0.3 is 12.1 Å². The predicted molar refractivity (Wildman–Crippen MR) is 126 cm³/mol. The summed E-state index contributed by atoms with van der Waals surface area (Å²) in [6.45, 7) is 5.42. The second-order valence-electron chi connectivity index (χ2n) is 8.29. The quantitative estimate of drug-likeness (QED) is 0.559. The molecule has 2 aromatic carbocycles. The smallest absolute Gasteiger partial charge is 0.407 e. The predicted octanol–water partition coefficient (Wildman–Crippen LogP) is 4.18. The summed E-state index contributed by atoms with van der Waals surface area (Å²) in [5, 5.41) is 11.7. The third-order valence-electron chi connectivity index (χ3n) is 5.72. The molecule has 2 aromatic rings. The van der Waals surface area contributed by atoms with Gasteiger partial charge in [-0.25, -0.2) is 4.79 Å². The molecule has 1 aliphatic carbocycles. The van der Waals surface area contributed by atoms with Crippen molar-refractivity contribution < 1.29 is 24.2 Å². The number of aliphatic carboxylic acids is 1. The minimum Gasteiger partial charge on any atom is -0.480 e. The van der Waals surface area contributed by atoms with Crippen LogP contribution in [0.1, 0.15) is 44.2 Å². The Bertz CT molecular complexity index is 1010. The van der Waals surface area contributed by atoms with Crippen LogP contribution in [0.2, 0.25) is 0 Å². The van der Waals surface area contributed by atoms with Crippen LogP contribution in [0.25, 0.3) is 11.1 Å². The van der Waals surface area contributed by atoms with Crippen LogP contribution in [0.3, 0.4) is 0 Å². The number of benzene rings is 2. The molecule has 0 bridgehead atoms. The molecule has 2 amide bonds. The molecule has 0 heterocycles. The van der Waals surface area contributed by atoms with Gasteiger partial charge in [-0.15, -0.1) is 0 Å². The van der Waals surface area contributed by atoms with Crippen LogP contribution < -0.4 is 5.32 Å². The van der Waals surface area contributed by atoms with E-state index in [-0.39, 0.29) is 25.5 Å². The van der Waals surface area contributed by atoms with Gasteiger partial charge in [0.1, 0.15) is 19.2 Å². The number of fused-ring (bicyclic) bond motifs is 3. The summed E-state index contributed by atoms with van der Waals surface area (Å²) in [5.74, 6) is -1.65. The van der Waals surface area contributed by atoms with Gasteiger partial charge in [0.05, 0.1) is 0 Å². The number of hydrogen-bond donors (Lipinski definition) is 2. The molecule has 33 heavy (non-hydrogen) atoms. The van der Waals surface area contributed by atoms with E-state index in [1.165, 1.54) is 4.90 Å². The Hall–Kier alpha value is -3.61. The van der Waals surface area contributed by atoms with E-state index in [9.17, 15) is 14.4 Å².